The number of nitrogens with zero attached hydrogens (tertiary/aromatic N) is 1. The number of carbonyl (C=O) groups is 1. The van der Waals surface area contributed by atoms with Crippen LogP contribution in [0.25, 0.3) is 10.9 Å². The lowest BCUT2D eigenvalue weighted by Gasteiger charge is -2.10. The summed E-state index contributed by atoms with van der Waals surface area (Å²) < 4.78 is 7.16. The average molecular weight is 247 g/mol. The van der Waals surface area contributed by atoms with Gasteiger partial charge in [0.25, 0.3) is 0 Å². The maximum absolute atomic E-state index is 11.3. The van der Waals surface area contributed by atoms with Crippen LogP contribution in [0.5, 0.6) is 0 Å². The normalized spacial score (nSPS) is 11.3. The summed E-state index contributed by atoms with van der Waals surface area (Å²) in [5, 5.41) is 10.2. The zero-order valence-corrected chi connectivity index (χ0v) is 10.8. The minimum Gasteiger partial charge on any atom is -0.478 e. The lowest BCUT2D eigenvalue weighted by atomic mass is 10.1. The Labute approximate surface area is 106 Å². The Bertz CT molecular complexity index is 584. The zero-order chi connectivity index (χ0) is 13.3. The highest BCUT2D eigenvalue weighted by atomic mass is 16.5. The molecule has 0 aliphatic carbocycles. The van der Waals surface area contributed by atoms with Crippen LogP contribution in [-0.4, -0.2) is 22.8 Å². The highest BCUT2D eigenvalue weighted by Crippen LogP contribution is 2.28. The molecule has 0 spiro atoms. The standard InChI is InChI=1S/C14H17NO3/c1-9(2)15-7-10(8-18-3)11-5-4-6-12(13(11)15)14(16)17/h4-7,9H,8H2,1-3H3,(H,16,17). The predicted octanol–water partition coefficient (Wildman–Crippen LogP) is 3.07. The van der Waals surface area contributed by atoms with Gasteiger partial charge in [-0.3, -0.25) is 0 Å². The molecule has 0 aliphatic rings. The highest BCUT2D eigenvalue weighted by molar-refractivity contribution is 6.03. The monoisotopic (exact) mass is 247 g/mol. The van der Waals surface area contributed by atoms with Crippen LogP contribution in [0.15, 0.2) is 24.4 Å². The molecule has 4 heteroatoms. The summed E-state index contributed by atoms with van der Waals surface area (Å²) in [6.07, 6.45) is 1.98. The molecule has 1 aromatic carbocycles. The van der Waals surface area contributed by atoms with E-state index in [1.165, 1.54) is 0 Å². The van der Waals surface area contributed by atoms with Crippen molar-refractivity contribution in [3.05, 3.63) is 35.5 Å². The molecule has 96 valence electrons. The Morgan fingerprint density at radius 3 is 2.72 bits per heavy atom. The maximum Gasteiger partial charge on any atom is 0.337 e. The van der Waals surface area contributed by atoms with Crippen LogP contribution in [0.2, 0.25) is 0 Å². The van der Waals surface area contributed by atoms with Crippen LogP contribution in [0, 0.1) is 0 Å². The van der Waals surface area contributed by atoms with Crippen LogP contribution in [0.4, 0.5) is 0 Å². The van der Waals surface area contributed by atoms with Gasteiger partial charge < -0.3 is 14.4 Å². The maximum atomic E-state index is 11.3. The molecule has 0 saturated carbocycles. The van der Waals surface area contributed by atoms with Crippen molar-refractivity contribution in [2.75, 3.05) is 7.11 Å². The van der Waals surface area contributed by atoms with Crippen LogP contribution in [0.1, 0.15) is 35.8 Å². The van der Waals surface area contributed by atoms with E-state index in [-0.39, 0.29) is 6.04 Å². The first kappa shape index (κ1) is 12.6. The molecule has 4 nitrogen and oxygen atoms in total. The Balaban J connectivity index is 2.78. The fourth-order valence-electron chi connectivity index (χ4n) is 2.23. The van der Waals surface area contributed by atoms with E-state index in [4.69, 9.17) is 4.74 Å². The van der Waals surface area contributed by atoms with Crippen LogP contribution in [-0.2, 0) is 11.3 Å². The molecule has 0 fully saturated rings. The van der Waals surface area contributed by atoms with Crippen molar-refractivity contribution >= 4 is 16.9 Å². The van der Waals surface area contributed by atoms with Gasteiger partial charge in [-0.1, -0.05) is 12.1 Å². The van der Waals surface area contributed by atoms with Crippen molar-refractivity contribution in [1.82, 2.24) is 4.57 Å². The van der Waals surface area contributed by atoms with Crippen LogP contribution < -0.4 is 0 Å². The summed E-state index contributed by atoms with van der Waals surface area (Å²) in [5.74, 6) is -0.899. The summed E-state index contributed by atoms with van der Waals surface area (Å²) in [4.78, 5) is 11.3. The number of carboxylic acid groups (broad SMARTS) is 1. The van der Waals surface area contributed by atoms with E-state index in [0.29, 0.717) is 12.2 Å². The van der Waals surface area contributed by atoms with E-state index in [9.17, 15) is 9.90 Å². The summed E-state index contributed by atoms with van der Waals surface area (Å²) in [6.45, 7) is 4.56. The first-order valence-electron chi connectivity index (χ1n) is 5.91. The Morgan fingerprint density at radius 2 is 2.17 bits per heavy atom. The summed E-state index contributed by atoms with van der Waals surface area (Å²) in [7, 11) is 1.64. The molecule has 18 heavy (non-hydrogen) atoms. The average Bonchev–Trinajstić information content (AvgIpc) is 2.69. The number of carboxylic acids is 1. The van der Waals surface area contributed by atoms with E-state index in [1.807, 2.05) is 30.7 Å². The van der Waals surface area contributed by atoms with Crippen LogP contribution >= 0.6 is 0 Å². The topological polar surface area (TPSA) is 51.5 Å². The van der Waals surface area contributed by atoms with E-state index in [0.717, 1.165) is 16.5 Å². The fraction of sp³-hybridized carbons (Fsp3) is 0.357. The summed E-state index contributed by atoms with van der Waals surface area (Å²) in [5.41, 5.74) is 2.12. The van der Waals surface area contributed by atoms with Gasteiger partial charge in [0.2, 0.25) is 0 Å². The number of hydrogen-bond donors (Lipinski definition) is 1. The molecule has 0 aliphatic heterocycles. The lowest BCUT2D eigenvalue weighted by molar-refractivity contribution is 0.0698. The van der Waals surface area contributed by atoms with Gasteiger partial charge in [0.05, 0.1) is 17.7 Å². The number of para-hydroxylation sites is 1. The molecule has 1 heterocycles. The number of fused-ring (bicyclic) bond motifs is 1. The molecule has 0 amide bonds. The molecule has 0 bridgehead atoms. The molecule has 2 aromatic rings. The van der Waals surface area contributed by atoms with Gasteiger partial charge in [-0.25, -0.2) is 4.79 Å². The first-order valence-corrected chi connectivity index (χ1v) is 5.91. The number of methoxy groups -OCH3 is 1. The number of ether oxygens (including phenoxy) is 1. The number of benzene rings is 1. The Kier molecular flexibility index (Phi) is 3.39. The Morgan fingerprint density at radius 1 is 1.44 bits per heavy atom. The van der Waals surface area contributed by atoms with Gasteiger partial charge in [-0.05, 0) is 19.9 Å². The third-order valence-corrected chi connectivity index (χ3v) is 3.02. The second-order valence-electron chi connectivity index (χ2n) is 4.60. The van der Waals surface area contributed by atoms with Crippen molar-refractivity contribution < 1.29 is 14.6 Å². The van der Waals surface area contributed by atoms with Crippen molar-refractivity contribution in [2.24, 2.45) is 0 Å². The van der Waals surface area contributed by atoms with Crippen molar-refractivity contribution in [3.63, 3.8) is 0 Å². The molecule has 1 N–H and O–H groups in total. The minimum atomic E-state index is -0.899. The fourth-order valence-corrected chi connectivity index (χ4v) is 2.23. The predicted molar refractivity (Wildman–Crippen MR) is 70.0 cm³/mol. The van der Waals surface area contributed by atoms with E-state index in [2.05, 4.69) is 0 Å². The largest absolute Gasteiger partial charge is 0.478 e. The SMILES string of the molecule is COCc1cn(C(C)C)c2c(C(=O)O)cccc12. The third-order valence-electron chi connectivity index (χ3n) is 3.02. The van der Waals surface area contributed by atoms with Gasteiger partial charge in [-0.15, -0.1) is 0 Å². The van der Waals surface area contributed by atoms with E-state index in [1.54, 1.807) is 19.2 Å². The number of hydrogen-bond acceptors (Lipinski definition) is 2. The Hall–Kier alpha value is -1.81. The molecule has 2 rings (SSSR count). The van der Waals surface area contributed by atoms with Crippen molar-refractivity contribution in [2.45, 2.75) is 26.5 Å². The summed E-state index contributed by atoms with van der Waals surface area (Å²) in [6, 6.07) is 5.56. The number of aromatic carboxylic acids is 1. The van der Waals surface area contributed by atoms with Gasteiger partial charge in [0, 0.05) is 30.3 Å². The van der Waals surface area contributed by atoms with Gasteiger partial charge in [-0.2, -0.15) is 0 Å². The second kappa shape index (κ2) is 4.82. The van der Waals surface area contributed by atoms with Gasteiger partial charge >= 0.3 is 5.97 Å². The first-order chi connectivity index (χ1) is 8.56. The van der Waals surface area contributed by atoms with Crippen molar-refractivity contribution in [3.8, 4) is 0 Å². The third kappa shape index (κ3) is 1.99. The summed E-state index contributed by atoms with van der Waals surface area (Å²) >= 11 is 0. The number of rotatable bonds is 4. The zero-order valence-electron chi connectivity index (χ0n) is 10.8. The second-order valence-corrected chi connectivity index (χ2v) is 4.60. The molecule has 0 radical (unpaired) electrons. The molecule has 0 saturated heterocycles. The lowest BCUT2D eigenvalue weighted by Crippen LogP contribution is -2.04. The molecular formula is C14H17NO3. The van der Waals surface area contributed by atoms with Crippen LogP contribution in [0.3, 0.4) is 0 Å². The molecule has 0 atom stereocenters. The van der Waals surface area contributed by atoms with E-state index >= 15 is 0 Å². The van der Waals surface area contributed by atoms with Crippen molar-refractivity contribution in [1.29, 1.82) is 0 Å². The number of aromatic nitrogens is 1. The quantitative estimate of drug-likeness (QED) is 0.903. The minimum absolute atomic E-state index is 0.207. The smallest absolute Gasteiger partial charge is 0.337 e. The highest BCUT2D eigenvalue weighted by Gasteiger charge is 2.17. The molecular weight excluding hydrogens is 230 g/mol. The molecule has 1 aromatic heterocycles. The molecule has 0 unspecified atom stereocenters. The van der Waals surface area contributed by atoms with Gasteiger partial charge in [0.1, 0.15) is 0 Å². The van der Waals surface area contributed by atoms with Gasteiger partial charge in [0.15, 0.2) is 0 Å². The van der Waals surface area contributed by atoms with E-state index < -0.39 is 5.97 Å².